The standard InChI is InChI=1S/C18H22N2O/c1-11-3-2-4-14-9-15(10-21)18(19-16(11)14)20-17(12-5-6-12)13-7-8-13/h2-4,9,12-13,17,21H,5-8,10H2,1H3,(H,19,20). The average Bonchev–Trinajstić information content (AvgIpc) is 3.38. The minimum Gasteiger partial charge on any atom is -0.392 e. The molecule has 0 aliphatic heterocycles. The van der Waals surface area contributed by atoms with Crippen LogP contribution in [0.2, 0.25) is 0 Å². The molecule has 1 aromatic heterocycles. The monoisotopic (exact) mass is 282 g/mol. The van der Waals surface area contributed by atoms with E-state index in [1.165, 1.54) is 31.2 Å². The van der Waals surface area contributed by atoms with Gasteiger partial charge in [0.05, 0.1) is 12.1 Å². The van der Waals surface area contributed by atoms with Gasteiger partial charge in [0.2, 0.25) is 0 Å². The quantitative estimate of drug-likeness (QED) is 0.880. The number of anilines is 1. The summed E-state index contributed by atoms with van der Waals surface area (Å²) >= 11 is 0. The van der Waals surface area contributed by atoms with Gasteiger partial charge in [0.1, 0.15) is 5.82 Å². The third kappa shape index (κ3) is 2.51. The van der Waals surface area contributed by atoms with Gasteiger partial charge in [0.15, 0.2) is 0 Å². The van der Waals surface area contributed by atoms with Crippen LogP contribution in [0.25, 0.3) is 10.9 Å². The first kappa shape index (κ1) is 13.1. The van der Waals surface area contributed by atoms with E-state index in [2.05, 4.69) is 30.4 Å². The molecule has 3 heteroatoms. The summed E-state index contributed by atoms with van der Waals surface area (Å²) in [5.41, 5.74) is 3.15. The zero-order valence-corrected chi connectivity index (χ0v) is 12.5. The van der Waals surface area contributed by atoms with Crippen molar-refractivity contribution in [2.24, 2.45) is 11.8 Å². The number of para-hydroxylation sites is 1. The first-order chi connectivity index (χ1) is 10.3. The predicted molar refractivity (Wildman–Crippen MR) is 85.3 cm³/mol. The Hall–Kier alpha value is -1.61. The van der Waals surface area contributed by atoms with Crippen molar-refractivity contribution < 1.29 is 5.11 Å². The van der Waals surface area contributed by atoms with Crippen molar-refractivity contribution in [3.8, 4) is 0 Å². The van der Waals surface area contributed by atoms with Gasteiger partial charge < -0.3 is 10.4 Å². The van der Waals surface area contributed by atoms with Gasteiger partial charge in [0.25, 0.3) is 0 Å². The number of nitrogens with one attached hydrogen (secondary N) is 1. The van der Waals surface area contributed by atoms with Crippen LogP contribution < -0.4 is 5.32 Å². The first-order valence-corrected chi connectivity index (χ1v) is 8.03. The Bertz CT molecular complexity index is 662. The van der Waals surface area contributed by atoms with E-state index in [0.717, 1.165) is 34.1 Å². The van der Waals surface area contributed by atoms with Crippen molar-refractivity contribution in [1.29, 1.82) is 0 Å². The molecular formula is C18H22N2O. The van der Waals surface area contributed by atoms with Crippen LogP contribution in [0.4, 0.5) is 5.82 Å². The van der Waals surface area contributed by atoms with Crippen LogP contribution in [0.1, 0.15) is 36.8 Å². The molecule has 1 heterocycles. The third-order valence-corrected chi connectivity index (χ3v) is 4.86. The number of aromatic nitrogens is 1. The molecule has 0 radical (unpaired) electrons. The second-order valence-electron chi connectivity index (χ2n) is 6.65. The highest BCUT2D eigenvalue weighted by Gasteiger charge is 2.41. The summed E-state index contributed by atoms with van der Waals surface area (Å²) in [6.07, 6.45) is 5.37. The van der Waals surface area contributed by atoms with E-state index in [-0.39, 0.29) is 6.61 Å². The maximum atomic E-state index is 9.69. The van der Waals surface area contributed by atoms with Crippen LogP contribution >= 0.6 is 0 Å². The summed E-state index contributed by atoms with van der Waals surface area (Å²) in [6, 6.07) is 8.85. The van der Waals surface area contributed by atoms with Crippen LogP contribution in [0, 0.1) is 18.8 Å². The van der Waals surface area contributed by atoms with E-state index in [1.807, 2.05) is 6.07 Å². The van der Waals surface area contributed by atoms with Gasteiger partial charge in [0, 0.05) is 17.0 Å². The topological polar surface area (TPSA) is 45.1 Å². The number of hydrogen-bond donors (Lipinski definition) is 2. The Balaban J connectivity index is 1.73. The van der Waals surface area contributed by atoms with Crippen LogP contribution in [-0.2, 0) is 6.61 Å². The Morgan fingerprint density at radius 2 is 1.95 bits per heavy atom. The lowest BCUT2D eigenvalue weighted by Gasteiger charge is -2.21. The fourth-order valence-electron chi connectivity index (χ4n) is 3.33. The lowest BCUT2D eigenvalue weighted by Crippen LogP contribution is -2.25. The molecule has 0 spiro atoms. The summed E-state index contributed by atoms with van der Waals surface area (Å²) in [4.78, 5) is 4.83. The Labute approximate surface area is 125 Å². The summed E-state index contributed by atoms with van der Waals surface area (Å²) in [7, 11) is 0. The number of aliphatic hydroxyl groups excluding tert-OH is 1. The molecule has 3 nitrogen and oxygen atoms in total. The van der Waals surface area contributed by atoms with Gasteiger partial charge in [-0.3, -0.25) is 0 Å². The highest BCUT2D eigenvalue weighted by molar-refractivity contribution is 5.84. The summed E-state index contributed by atoms with van der Waals surface area (Å²) in [5.74, 6) is 2.53. The van der Waals surface area contributed by atoms with E-state index >= 15 is 0 Å². The lowest BCUT2D eigenvalue weighted by molar-refractivity contribution is 0.282. The molecule has 0 amide bonds. The highest BCUT2D eigenvalue weighted by Crippen LogP contribution is 2.46. The fourth-order valence-corrected chi connectivity index (χ4v) is 3.33. The molecule has 2 aliphatic carbocycles. The van der Waals surface area contributed by atoms with E-state index < -0.39 is 0 Å². The van der Waals surface area contributed by atoms with Crippen molar-refractivity contribution in [2.45, 2.75) is 45.3 Å². The van der Waals surface area contributed by atoms with Gasteiger partial charge >= 0.3 is 0 Å². The zero-order valence-electron chi connectivity index (χ0n) is 12.5. The molecule has 21 heavy (non-hydrogen) atoms. The van der Waals surface area contributed by atoms with Crippen LogP contribution in [0.15, 0.2) is 24.3 Å². The van der Waals surface area contributed by atoms with E-state index in [9.17, 15) is 5.11 Å². The number of benzene rings is 1. The molecule has 0 unspecified atom stereocenters. The number of fused-ring (bicyclic) bond motifs is 1. The van der Waals surface area contributed by atoms with E-state index in [4.69, 9.17) is 4.98 Å². The van der Waals surface area contributed by atoms with Gasteiger partial charge in [-0.05, 0) is 56.1 Å². The largest absolute Gasteiger partial charge is 0.392 e. The molecule has 0 bridgehead atoms. The molecular weight excluding hydrogens is 260 g/mol. The molecule has 2 N–H and O–H groups in total. The average molecular weight is 282 g/mol. The molecule has 2 fully saturated rings. The number of rotatable bonds is 5. The Morgan fingerprint density at radius 3 is 2.57 bits per heavy atom. The second kappa shape index (κ2) is 4.99. The maximum Gasteiger partial charge on any atom is 0.132 e. The molecule has 0 saturated heterocycles. The Morgan fingerprint density at radius 1 is 1.24 bits per heavy atom. The van der Waals surface area contributed by atoms with Crippen molar-refractivity contribution in [3.05, 3.63) is 35.4 Å². The predicted octanol–water partition coefficient (Wildman–Crippen LogP) is 3.64. The molecule has 110 valence electrons. The third-order valence-electron chi connectivity index (χ3n) is 4.86. The molecule has 2 saturated carbocycles. The molecule has 2 aromatic rings. The lowest BCUT2D eigenvalue weighted by atomic mass is 10.1. The minimum absolute atomic E-state index is 0.0429. The normalized spacial score (nSPS) is 18.4. The zero-order chi connectivity index (χ0) is 14.4. The second-order valence-corrected chi connectivity index (χ2v) is 6.65. The van der Waals surface area contributed by atoms with Gasteiger partial charge in [-0.15, -0.1) is 0 Å². The van der Waals surface area contributed by atoms with Crippen molar-refractivity contribution in [3.63, 3.8) is 0 Å². The first-order valence-electron chi connectivity index (χ1n) is 8.03. The van der Waals surface area contributed by atoms with Crippen LogP contribution in [0.5, 0.6) is 0 Å². The number of aryl methyl sites for hydroxylation is 1. The van der Waals surface area contributed by atoms with E-state index in [0.29, 0.717) is 6.04 Å². The number of nitrogens with zero attached hydrogens (tertiary/aromatic N) is 1. The highest BCUT2D eigenvalue weighted by atomic mass is 16.3. The molecule has 0 atom stereocenters. The van der Waals surface area contributed by atoms with Crippen molar-refractivity contribution in [1.82, 2.24) is 4.98 Å². The van der Waals surface area contributed by atoms with Crippen molar-refractivity contribution >= 4 is 16.7 Å². The van der Waals surface area contributed by atoms with Gasteiger partial charge in [-0.1, -0.05) is 18.2 Å². The number of hydrogen-bond acceptors (Lipinski definition) is 3. The number of pyridine rings is 1. The summed E-state index contributed by atoms with van der Waals surface area (Å²) in [5, 5.41) is 14.5. The molecule has 4 rings (SSSR count). The SMILES string of the molecule is Cc1cccc2cc(CO)c(NC(C3CC3)C3CC3)nc12. The van der Waals surface area contributed by atoms with Gasteiger partial charge in [-0.25, -0.2) is 4.98 Å². The molecule has 2 aliphatic rings. The number of aliphatic hydroxyl groups is 1. The van der Waals surface area contributed by atoms with Crippen LogP contribution in [-0.4, -0.2) is 16.1 Å². The minimum atomic E-state index is 0.0429. The van der Waals surface area contributed by atoms with Crippen LogP contribution in [0.3, 0.4) is 0 Å². The van der Waals surface area contributed by atoms with Gasteiger partial charge in [-0.2, -0.15) is 0 Å². The fraction of sp³-hybridized carbons (Fsp3) is 0.500. The summed E-state index contributed by atoms with van der Waals surface area (Å²) < 4.78 is 0. The maximum absolute atomic E-state index is 9.69. The smallest absolute Gasteiger partial charge is 0.132 e. The van der Waals surface area contributed by atoms with E-state index in [1.54, 1.807) is 0 Å². The van der Waals surface area contributed by atoms with Crippen molar-refractivity contribution in [2.75, 3.05) is 5.32 Å². The molecule has 1 aromatic carbocycles. The summed E-state index contributed by atoms with van der Waals surface area (Å²) in [6.45, 7) is 2.14. The Kier molecular flexibility index (Phi) is 3.11.